The molecular weight excluding hydrogens is 228 g/mol. The van der Waals surface area contributed by atoms with Crippen LogP contribution < -0.4 is 0 Å². The van der Waals surface area contributed by atoms with Crippen LogP contribution >= 0.6 is 0 Å². The maximum absolute atomic E-state index is 10.2. The lowest BCUT2D eigenvalue weighted by Gasteiger charge is -2.16. The molecule has 100 valence electrons. The zero-order valence-electron chi connectivity index (χ0n) is 11.0. The molecule has 0 aliphatic heterocycles. The number of ether oxygens (including phenoxy) is 1. The monoisotopic (exact) mass is 250 g/mol. The average molecular weight is 250 g/mol. The summed E-state index contributed by atoms with van der Waals surface area (Å²) in [7, 11) is 0. The minimum Gasteiger partial charge on any atom is -0.450 e. The van der Waals surface area contributed by atoms with Crippen LogP contribution in [0, 0.1) is 0 Å². The van der Waals surface area contributed by atoms with Gasteiger partial charge in [-0.2, -0.15) is 0 Å². The van der Waals surface area contributed by atoms with E-state index < -0.39 is 6.16 Å². The number of rotatable bonds is 8. The lowest BCUT2D eigenvalue weighted by Crippen LogP contribution is -2.03. The van der Waals surface area contributed by atoms with Crippen LogP contribution in [0.25, 0.3) is 0 Å². The maximum atomic E-state index is 10.2. The van der Waals surface area contributed by atoms with Crippen molar-refractivity contribution in [1.29, 1.82) is 0 Å². The van der Waals surface area contributed by atoms with Crippen LogP contribution in [0.5, 0.6) is 0 Å². The Balaban J connectivity index is 2.33. The Morgan fingerprint density at radius 1 is 1.22 bits per heavy atom. The van der Waals surface area contributed by atoms with Gasteiger partial charge in [0, 0.05) is 0 Å². The largest absolute Gasteiger partial charge is 0.505 e. The van der Waals surface area contributed by atoms with E-state index in [9.17, 15) is 4.79 Å². The van der Waals surface area contributed by atoms with Crippen LogP contribution in [0.15, 0.2) is 30.3 Å². The number of unbranched alkanes of at least 4 members (excludes halogenated alkanes) is 1. The van der Waals surface area contributed by atoms with Crippen LogP contribution in [0.4, 0.5) is 4.79 Å². The van der Waals surface area contributed by atoms with Crippen molar-refractivity contribution in [1.82, 2.24) is 0 Å². The first-order chi connectivity index (χ1) is 8.74. The Morgan fingerprint density at radius 2 is 1.94 bits per heavy atom. The second-order valence-corrected chi connectivity index (χ2v) is 4.51. The van der Waals surface area contributed by atoms with E-state index in [1.54, 1.807) is 0 Å². The molecule has 1 atom stereocenters. The Morgan fingerprint density at radius 3 is 2.56 bits per heavy atom. The lowest BCUT2D eigenvalue weighted by atomic mass is 9.90. The molecule has 18 heavy (non-hydrogen) atoms. The Bertz CT molecular complexity index is 335. The quantitative estimate of drug-likeness (QED) is 0.548. The molecule has 1 aromatic carbocycles. The molecule has 1 N–H and O–H groups in total. The predicted molar refractivity (Wildman–Crippen MR) is 71.9 cm³/mol. The van der Waals surface area contributed by atoms with E-state index in [1.807, 2.05) is 6.07 Å². The fourth-order valence-electron chi connectivity index (χ4n) is 2.20. The van der Waals surface area contributed by atoms with Crippen LogP contribution in [-0.4, -0.2) is 17.9 Å². The van der Waals surface area contributed by atoms with E-state index in [4.69, 9.17) is 5.11 Å². The minimum absolute atomic E-state index is 0.309. The predicted octanol–water partition coefficient (Wildman–Crippen LogP) is 4.44. The molecule has 0 saturated heterocycles. The number of carboxylic acid groups (broad SMARTS) is 1. The first-order valence-corrected chi connectivity index (χ1v) is 6.64. The zero-order valence-corrected chi connectivity index (χ0v) is 11.0. The molecule has 0 spiro atoms. The van der Waals surface area contributed by atoms with Gasteiger partial charge in [-0.3, -0.25) is 0 Å². The number of carbonyl (C=O) groups is 1. The Hall–Kier alpha value is -1.51. The van der Waals surface area contributed by atoms with Gasteiger partial charge in [0.15, 0.2) is 0 Å². The molecule has 3 nitrogen and oxygen atoms in total. The van der Waals surface area contributed by atoms with E-state index in [1.165, 1.54) is 18.4 Å². The molecule has 1 aromatic rings. The van der Waals surface area contributed by atoms with Gasteiger partial charge in [0.1, 0.15) is 0 Å². The van der Waals surface area contributed by atoms with Gasteiger partial charge in [0.25, 0.3) is 0 Å². The van der Waals surface area contributed by atoms with Gasteiger partial charge in [-0.1, -0.05) is 43.7 Å². The smallest absolute Gasteiger partial charge is 0.450 e. The van der Waals surface area contributed by atoms with E-state index in [-0.39, 0.29) is 0 Å². The second kappa shape index (κ2) is 8.56. The third-order valence-electron chi connectivity index (χ3n) is 3.08. The standard InChI is InChI=1S/C15H22O3/c1-2-8-13(14-9-4-3-5-10-14)11-6-7-12-18-15(16)17/h3-5,9-10,13H,2,6-8,11-12H2,1H3,(H,16,17). The highest BCUT2D eigenvalue weighted by Crippen LogP contribution is 2.26. The topological polar surface area (TPSA) is 46.5 Å². The van der Waals surface area contributed by atoms with Crippen molar-refractivity contribution in [3.63, 3.8) is 0 Å². The number of hydrogen-bond acceptors (Lipinski definition) is 2. The molecule has 0 fully saturated rings. The van der Waals surface area contributed by atoms with Gasteiger partial charge < -0.3 is 9.84 Å². The van der Waals surface area contributed by atoms with Crippen LogP contribution in [0.2, 0.25) is 0 Å². The highest BCUT2D eigenvalue weighted by atomic mass is 16.7. The van der Waals surface area contributed by atoms with Crippen molar-refractivity contribution >= 4 is 6.16 Å². The molecule has 1 rings (SSSR count). The molecule has 0 bridgehead atoms. The van der Waals surface area contributed by atoms with Crippen molar-refractivity contribution in [3.05, 3.63) is 35.9 Å². The fourth-order valence-corrected chi connectivity index (χ4v) is 2.20. The normalized spacial score (nSPS) is 12.1. The molecular formula is C15H22O3. The van der Waals surface area contributed by atoms with Crippen LogP contribution in [0.3, 0.4) is 0 Å². The summed E-state index contributed by atoms with van der Waals surface area (Å²) in [6.45, 7) is 2.51. The lowest BCUT2D eigenvalue weighted by molar-refractivity contribution is 0.0898. The maximum Gasteiger partial charge on any atom is 0.505 e. The number of hydrogen-bond donors (Lipinski definition) is 1. The molecule has 0 amide bonds. The molecule has 1 unspecified atom stereocenters. The summed E-state index contributed by atoms with van der Waals surface area (Å²) in [6.07, 6.45) is 4.09. The molecule has 3 heteroatoms. The van der Waals surface area contributed by atoms with Crippen LogP contribution in [-0.2, 0) is 4.74 Å². The van der Waals surface area contributed by atoms with Crippen molar-refractivity contribution < 1.29 is 14.6 Å². The van der Waals surface area contributed by atoms with Gasteiger partial charge in [-0.15, -0.1) is 0 Å². The molecule has 0 heterocycles. The third kappa shape index (κ3) is 5.71. The minimum atomic E-state index is -1.18. The van der Waals surface area contributed by atoms with Gasteiger partial charge in [-0.05, 0) is 37.2 Å². The molecule has 0 radical (unpaired) electrons. The molecule has 0 aromatic heterocycles. The summed E-state index contributed by atoms with van der Waals surface area (Å²) < 4.78 is 4.51. The summed E-state index contributed by atoms with van der Waals surface area (Å²) in [5, 5.41) is 8.36. The fraction of sp³-hybridized carbons (Fsp3) is 0.533. The highest BCUT2D eigenvalue weighted by Gasteiger charge is 2.09. The third-order valence-corrected chi connectivity index (χ3v) is 3.08. The van der Waals surface area contributed by atoms with E-state index in [2.05, 4.69) is 35.9 Å². The summed E-state index contributed by atoms with van der Waals surface area (Å²) in [6, 6.07) is 10.5. The summed E-state index contributed by atoms with van der Waals surface area (Å²) >= 11 is 0. The molecule has 0 aliphatic carbocycles. The molecule has 0 aliphatic rings. The van der Waals surface area contributed by atoms with E-state index >= 15 is 0 Å². The van der Waals surface area contributed by atoms with Crippen molar-refractivity contribution in [2.45, 2.75) is 44.9 Å². The second-order valence-electron chi connectivity index (χ2n) is 4.51. The highest BCUT2D eigenvalue weighted by molar-refractivity contribution is 5.56. The average Bonchev–Trinajstić information content (AvgIpc) is 2.38. The van der Waals surface area contributed by atoms with E-state index in [0.717, 1.165) is 19.3 Å². The first-order valence-electron chi connectivity index (χ1n) is 6.64. The van der Waals surface area contributed by atoms with Crippen molar-refractivity contribution in [2.75, 3.05) is 6.61 Å². The summed E-state index contributed by atoms with van der Waals surface area (Å²) in [4.78, 5) is 10.2. The van der Waals surface area contributed by atoms with E-state index in [0.29, 0.717) is 12.5 Å². The van der Waals surface area contributed by atoms with Gasteiger partial charge in [-0.25, -0.2) is 4.79 Å². The molecule has 0 saturated carbocycles. The van der Waals surface area contributed by atoms with Crippen molar-refractivity contribution in [3.8, 4) is 0 Å². The first kappa shape index (κ1) is 14.6. The summed E-state index contributed by atoms with van der Waals surface area (Å²) in [5.41, 5.74) is 1.39. The zero-order chi connectivity index (χ0) is 13.2. The Kier molecular flexibility index (Phi) is 6.92. The Labute approximate surface area is 109 Å². The van der Waals surface area contributed by atoms with Gasteiger partial charge in [0.2, 0.25) is 0 Å². The summed E-state index contributed by atoms with van der Waals surface area (Å²) in [5.74, 6) is 0.584. The van der Waals surface area contributed by atoms with Gasteiger partial charge >= 0.3 is 6.16 Å². The van der Waals surface area contributed by atoms with Crippen LogP contribution in [0.1, 0.15) is 50.5 Å². The van der Waals surface area contributed by atoms with Gasteiger partial charge in [0.05, 0.1) is 6.61 Å². The van der Waals surface area contributed by atoms with Crippen molar-refractivity contribution in [2.24, 2.45) is 0 Å². The SMILES string of the molecule is CCCC(CCCCOC(=O)O)c1ccccc1. The number of benzene rings is 1.